The highest BCUT2D eigenvalue weighted by molar-refractivity contribution is 6.23. The lowest BCUT2D eigenvalue weighted by Gasteiger charge is -2.41. The van der Waals surface area contributed by atoms with E-state index in [2.05, 4.69) is 31.0 Å². The van der Waals surface area contributed by atoms with Crippen LogP contribution in [0.2, 0.25) is 0 Å². The molecule has 1 aromatic rings. The van der Waals surface area contributed by atoms with E-state index < -0.39 is 23.8 Å². The molecule has 29 heavy (non-hydrogen) atoms. The lowest BCUT2D eigenvalue weighted by atomic mass is 9.86. The summed E-state index contributed by atoms with van der Waals surface area (Å²) in [4.78, 5) is 52.9. The van der Waals surface area contributed by atoms with E-state index >= 15 is 0 Å². The van der Waals surface area contributed by atoms with Crippen molar-refractivity contribution < 1.29 is 19.2 Å². The van der Waals surface area contributed by atoms with Gasteiger partial charge in [0.2, 0.25) is 11.8 Å². The van der Waals surface area contributed by atoms with Crippen LogP contribution < -0.4 is 5.32 Å². The first-order chi connectivity index (χ1) is 13.7. The zero-order valence-corrected chi connectivity index (χ0v) is 17.2. The molecule has 0 radical (unpaired) electrons. The molecule has 0 aliphatic carbocycles. The molecule has 0 bridgehead atoms. The largest absolute Gasteiger partial charge is 0.298 e. The van der Waals surface area contributed by atoms with Crippen LogP contribution in [0.4, 0.5) is 0 Å². The first kappa shape index (κ1) is 19.8. The van der Waals surface area contributed by atoms with Gasteiger partial charge in [-0.2, -0.15) is 0 Å². The molecule has 4 amide bonds. The zero-order chi connectivity index (χ0) is 20.9. The van der Waals surface area contributed by atoms with Gasteiger partial charge in [0.25, 0.3) is 11.8 Å². The Morgan fingerprint density at radius 1 is 0.931 bits per heavy atom. The molecule has 3 aliphatic rings. The molecule has 3 aliphatic heterocycles. The molecule has 3 heterocycles. The third kappa shape index (κ3) is 3.48. The fraction of sp³-hybridized carbons (Fsp3) is 0.545. The number of likely N-dealkylation sites (tertiary alicyclic amines) is 1. The van der Waals surface area contributed by atoms with E-state index in [1.807, 2.05) is 12.1 Å². The minimum atomic E-state index is -0.918. The second kappa shape index (κ2) is 7.06. The molecule has 0 unspecified atom stereocenters. The van der Waals surface area contributed by atoms with Crippen molar-refractivity contribution in [3.8, 4) is 0 Å². The highest BCUT2D eigenvalue weighted by Crippen LogP contribution is 2.34. The maximum atomic E-state index is 13.0. The van der Waals surface area contributed by atoms with Gasteiger partial charge in [-0.1, -0.05) is 6.07 Å². The molecular formula is C22H27N3O4. The molecule has 2 fully saturated rings. The number of amides is 4. The van der Waals surface area contributed by atoms with Gasteiger partial charge in [0, 0.05) is 12.0 Å². The van der Waals surface area contributed by atoms with Crippen LogP contribution in [0.1, 0.15) is 78.7 Å². The van der Waals surface area contributed by atoms with Crippen molar-refractivity contribution in [2.45, 2.75) is 64.0 Å². The van der Waals surface area contributed by atoms with Crippen molar-refractivity contribution in [3.63, 3.8) is 0 Å². The standard InChI is InChI=1S/C22H27N3O4/c1-22(2,3)24-10-8-13(9-11-24)14-4-5-15-16(12-14)21(29)25(20(15)28)17-6-7-18(26)23-19(17)27/h4-5,12-13,17H,6-11H2,1-3H3,(H,23,26,27)/t17-/m1/s1. The van der Waals surface area contributed by atoms with Crippen LogP contribution in [0, 0.1) is 0 Å². The predicted octanol–water partition coefficient (Wildman–Crippen LogP) is 2.07. The number of carbonyl (C=O) groups excluding carboxylic acids is 4. The molecule has 0 aromatic heterocycles. The monoisotopic (exact) mass is 397 g/mol. The molecule has 1 N–H and O–H groups in total. The Labute approximate surface area is 170 Å². The van der Waals surface area contributed by atoms with Crippen LogP contribution in [-0.2, 0) is 9.59 Å². The molecule has 7 nitrogen and oxygen atoms in total. The quantitative estimate of drug-likeness (QED) is 0.772. The van der Waals surface area contributed by atoms with Crippen molar-refractivity contribution >= 4 is 23.6 Å². The number of nitrogens with zero attached hydrogens (tertiary/aromatic N) is 2. The summed E-state index contributed by atoms with van der Waals surface area (Å²) in [5.74, 6) is -1.48. The number of hydrogen-bond acceptors (Lipinski definition) is 5. The van der Waals surface area contributed by atoms with Crippen molar-refractivity contribution in [1.29, 1.82) is 0 Å². The Kier molecular flexibility index (Phi) is 4.81. The third-order valence-corrected chi connectivity index (χ3v) is 6.38. The Morgan fingerprint density at radius 2 is 1.59 bits per heavy atom. The van der Waals surface area contributed by atoms with Gasteiger partial charge in [-0.05, 0) is 76.7 Å². The maximum absolute atomic E-state index is 13.0. The summed E-state index contributed by atoms with van der Waals surface area (Å²) >= 11 is 0. The summed E-state index contributed by atoms with van der Waals surface area (Å²) in [6, 6.07) is 4.57. The van der Waals surface area contributed by atoms with Crippen molar-refractivity contribution in [2.75, 3.05) is 13.1 Å². The third-order valence-electron chi connectivity index (χ3n) is 6.38. The van der Waals surface area contributed by atoms with E-state index in [0.29, 0.717) is 17.0 Å². The van der Waals surface area contributed by atoms with E-state index in [1.165, 1.54) is 0 Å². The number of imide groups is 2. The van der Waals surface area contributed by atoms with E-state index in [9.17, 15) is 19.2 Å². The Bertz CT molecular complexity index is 894. The number of carbonyl (C=O) groups is 4. The highest BCUT2D eigenvalue weighted by atomic mass is 16.2. The van der Waals surface area contributed by atoms with Gasteiger partial charge in [-0.15, -0.1) is 0 Å². The van der Waals surface area contributed by atoms with Gasteiger partial charge in [-0.25, -0.2) is 0 Å². The van der Waals surface area contributed by atoms with Gasteiger partial charge < -0.3 is 0 Å². The number of nitrogens with one attached hydrogen (secondary N) is 1. The lowest BCUT2D eigenvalue weighted by molar-refractivity contribution is -0.136. The molecule has 2 saturated heterocycles. The normalized spacial score (nSPS) is 24.1. The minimum absolute atomic E-state index is 0.126. The zero-order valence-electron chi connectivity index (χ0n) is 17.2. The van der Waals surface area contributed by atoms with Gasteiger partial charge in [0.15, 0.2) is 0 Å². The van der Waals surface area contributed by atoms with Crippen LogP contribution >= 0.6 is 0 Å². The fourth-order valence-electron chi connectivity index (χ4n) is 4.63. The van der Waals surface area contributed by atoms with Gasteiger partial charge >= 0.3 is 0 Å². The summed E-state index contributed by atoms with van der Waals surface area (Å²) in [5, 5.41) is 2.22. The summed E-state index contributed by atoms with van der Waals surface area (Å²) in [6.07, 6.45) is 2.32. The van der Waals surface area contributed by atoms with Crippen LogP contribution in [0.25, 0.3) is 0 Å². The summed E-state index contributed by atoms with van der Waals surface area (Å²) < 4.78 is 0. The predicted molar refractivity (Wildman–Crippen MR) is 106 cm³/mol. The number of fused-ring (bicyclic) bond motifs is 1. The first-order valence-corrected chi connectivity index (χ1v) is 10.3. The first-order valence-electron chi connectivity index (χ1n) is 10.3. The molecular weight excluding hydrogens is 370 g/mol. The molecule has 7 heteroatoms. The van der Waals surface area contributed by atoms with Gasteiger partial charge in [0.1, 0.15) is 6.04 Å². The van der Waals surface area contributed by atoms with E-state index in [1.54, 1.807) is 6.07 Å². The van der Waals surface area contributed by atoms with Crippen LogP contribution in [0.5, 0.6) is 0 Å². The summed E-state index contributed by atoms with van der Waals surface area (Å²) in [6.45, 7) is 8.66. The fourth-order valence-corrected chi connectivity index (χ4v) is 4.63. The minimum Gasteiger partial charge on any atom is -0.298 e. The van der Waals surface area contributed by atoms with Crippen molar-refractivity contribution in [2.24, 2.45) is 0 Å². The Hall–Kier alpha value is -2.54. The van der Waals surface area contributed by atoms with Crippen LogP contribution in [0.15, 0.2) is 18.2 Å². The molecule has 1 aromatic carbocycles. The maximum Gasteiger partial charge on any atom is 0.262 e. The molecule has 4 rings (SSSR count). The average molecular weight is 397 g/mol. The molecule has 154 valence electrons. The number of rotatable bonds is 2. The second-order valence-corrected chi connectivity index (χ2v) is 9.18. The van der Waals surface area contributed by atoms with E-state index in [0.717, 1.165) is 36.4 Å². The van der Waals surface area contributed by atoms with Gasteiger partial charge in [-0.3, -0.25) is 34.3 Å². The molecule has 0 spiro atoms. The Balaban J connectivity index is 1.53. The Morgan fingerprint density at radius 3 is 2.21 bits per heavy atom. The van der Waals surface area contributed by atoms with Gasteiger partial charge in [0.05, 0.1) is 11.1 Å². The highest BCUT2D eigenvalue weighted by Gasteiger charge is 2.44. The number of hydrogen-bond donors (Lipinski definition) is 1. The number of benzene rings is 1. The second-order valence-electron chi connectivity index (χ2n) is 9.18. The van der Waals surface area contributed by atoms with Crippen LogP contribution in [-0.4, -0.2) is 58.1 Å². The summed E-state index contributed by atoms with van der Waals surface area (Å²) in [7, 11) is 0. The number of piperidine rings is 2. The SMILES string of the molecule is CC(C)(C)N1CCC(c2ccc3c(c2)C(=O)N([C@@H]2CCC(=O)NC2=O)C3=O)CC1. The van der Waals surface area contributed by atoms with Crippen molar-refractivity contribution in [1.82, 2.24) is 15.1 Å². The topological polar surface area (TPSA) is 86.8 Å². The summed E-state index contributed by atoms with van der Waals surface area (Å²) in [5.41, 5.74) is 1.93. The van der Waals surface area contributed by atoms with E-state index in [-0.39, 0.29) is 24.3 Å². The molecule has 0 saturated carbocycles. The van der Waals surface area contributed by atoms with Crippen LogP contribution in [0.3, 0.4) is 0 Å². The lowest BCUT2D eigenvalue weighted by Crippen LogP contribution is -2.54. The van der Waals surface area contributed by atoms with E-state index in [4.69, 9.17) is 0 Å². The van der Waals surface area contributed by atoms with Crippen molar-refractivity contribution in [3.05, 3.63) is 34.9 Å². The molecule has 1 atom stereocenters. The smallest absolute Gasteiger partial charge is 0.262 e. The average Bonchev–Trinajstić information content (AvgIpc) is 2.92.